The van der Waals surface area contributed by atoms with Gasteiger partial charge in [-0.25, -0.2) is 0 Å². The highest BCUT2D eigenvalue weighted by Gasteiger charge is 2.18. The zero-order valence-corrected chi connectivity index (χ0v) is 18.2. The fourth-order valence-corrected chi connectivity index (χ4v) is 3.54. The first-order valence-electron chi connectivity index (χ1n) is 8.68. The summed E-state index contributed by atoms with van der Waals surface area (Å²) >= 11 is 1.98. The Hall–Kier alpha value is -0.990. The lowest BCUT2D eigenvalue weighted by atomic mass is 10.1. The molecule has 27 heavy (non-hydrogen) atoms. The van der Waals surface area contributed by atoms with Gasteiger partial charge in [-0.1, -0.05) is 32.0 Å². The van der Waals surface area contributed by atoms with Crippen molar-refractivity contribution in [3.05, 3.63) is 29.8 Å². The van der Waals surface area contributed by atoms with E-state index in [1.54, 1.807) is 0 Å². The van der Waals surface area contributed by atoms with Crippen LogP contribution in [0.15, 0.2) is 24.3 Å². The molecule has 0 spiro atoms. The van der Waals surface area contributed by atoms with E-state index < -0.39 is 6.04 Å². The van der Waals surface area contributed by atoms with Gasteiger partial charge in [0.05, 0.1) is 12.6 Å². The van der Waals surface area contributed by atoms with Gasteiger partial charge in [-0.05, 0) is 17.5 Å². The zero-order valence-electron chi connectivity index (χ0n) is 15.8. The normalized spacial score (nSPS) is 15.3. The Morgan fingerprint density at radius 2 is 1.81 bits per heavy atom. The van der Waals surface area contributed by atoms with E-state index in [0.29, 0.717) is 0 Å². The van der Waals surface area contributed by atoms with E-state index in [4.69, 9.17) is 5.73 Å². The lowest BCUT2D eigenvalue weighted by Gasteiger charge is -2.27. The van der Waals surface area contributed by atoms with Gasteiger partial charge in [0.2, 0.25) is 11.8 Å². The van der Waals surface area contributed by atoms with Crippen molar-refractivity contribution in [2.45, 2.75) is 26.4 Å². The van der Waals surface area contributed by atoms with E-state index in [1.807, 2.05) is 49.9 Å². The van der Waals surface area contributed by atoms with Gasteiger partial charge in [-0.2, -0.15) is 11.8 Å². The minimum absolute atomic E-state index is 0. The molecule has 0 aromatic heterocycles. The summed E-state index contributed by atoms with van der Waals surface area (Å²) in [4.78, 5) is 26.4. The summed E-state index contributed by atoms with van der Waals surface area (Å²) in [6.45, 7) is 6.63. The summed E-state index contributed by atoms with van der Waals surface area (Å²) in [6, 6.07) is 7.21. The number of halogens is 2. The molecule has 0 saturated carbocycles. The average Bonchev–Trinajstić information content (AvgIpc) is 2.61. The lowest BCUT2D eigenvalue weighted by molar-refractivity contribution is -0.125. The van der Waals surface area contributed by atoms with Crippen molar-refractivity contribution in [2.24, 2.45) is 11.7 Å². The molecule has 2 amide bonds. The highest BCUT2D eigenvalue weighted by Crippen LogP contribution is 2.19. The monoisotopic (exact) mass is 436 g/mol. The summed E-state index contributed by atoms with van der Waals surface area (Å²) in [6.07, 6.45) is 0. The molecule has 154 valence electrons. The van der Waals surface area contributed by atoms with E-state index in [-0.39, 0.29) is 49.1 Å². The molecule has 1 fully saturated rings. The molecular formula is C18H30Cl2N4O2S. The smallest absolute Gasteiger partial charge is 0.243 e. The maximum Gasteiger partial charge on any atom is 0.243 e. The van der Waals surface area contributed by atoms with Crippen molar-refractivity contribution < 1.29 is 9.59 Å². The van der Waals surface area contributed by atoms with Crippen molar-refractivity contribution in [1.29, 1.82) is 0 Å². The van der Waals surface area contributed by atoms with E-state index >= 15 is 0 Å². The van der Waals surface area contributed by atoms with Gasteiger partial charge >= 0.3 is 0 Å². The number of amides is 2. The molecule has 0 aliphatic carbocycles. The van der Waals surface area contributed by atoms with Crippen LogP contribution in [0.4, 0.5) is 5.69 Å². The third-order valence-electron chi connectivity index (χ3n) is 4.23. The van der Waals surface area contributed by atoms with Gasteiger partial charge in [0.25, 0.3) is 0 Å². The summed E-state index contributed by atoms with van der Waals surface area (Å²) in [5.74, 6) is 1.79. The van der Waals surface area contributed by atoms with Crippen molar-refractivity contribution in [3.8, 4) is 0 Å². The predicted molar refractivity (Wildman–Crippen MR) is 118 cm³/mol. The van der Waals surface area contributed by atoms with Crippen LogP contribution in [0.1, 0.15) is 19.4 Å². The summed E-state index contributed by atoms with van der Waals surface area (Å²) < 4.78 is 0. The molecule has 1 aliphatic heterocycles. The van der Waals surface area contributed by atoms with Crippen LogP contribution in [-0.4, -0.2) is 53.9 Å². The SMILES string of the molecule is CC(C)[C@H](N)C(=O)NCC(=O)Nc1ccccc1CN1CCSCC1.Cl.Cl. The Morgan fingerprint density at radius 3 is 2.44 bits per heavy atom. The Kier molecular flexibility index (Phi) is 12.7. The second-order valence-corrected chi connectivity index (χ2v) is 7.81. The maximum absolute atomic E-state index is 12.2. The molecule has 1 saturated heterocycles. The van der Waals surface area contributed by atoms with Crippen molar-refractivity contribution in [1.82, 2.24) is 10.2 Å². The Morgan fingerprint density at radius 1 is 1.19 bits per heavy atom. The molecule has 6 nitrogen and oxygen atoms in total. The fourth-order valence-electron chi connectivity index (χ4n) is 2.56. The number of rotatable bonds is 7. The van der Waals surface area contributed by atoms with Gasteiger partial charge < -0.3 is 16.4 Å². The highest BCUT2D eigenvalue weighted by atomic mass is 35.5. The Labute approximate surface area is 178 Å². The number of anilines is 1. The van der Waals surface area contributed by atoms with Gasteiger partial charge in [0.15, 0.2) is 0 Å². The molecule has 1 heterocycles. The highest BCUT2D eigenvalue weighted by molar-refractivity contribution is 7.99. The predicted octanol–water partition coefficient (Wildman–Crippen LogP) is 2.12. The quantitative estimate of drug-likeness (QED) is 0.608. The van der Waals surface area contributed by atoms with Crippen LogP contribution in [0, 0.1) is 5.92 Å². The van der Waals surface area contributed by atoms with Crippen LogP contribution in [0.25, 0.3) is 0 Å². The summed E-state index contributed by atoms with van der Waals surface area (Å²) in [5.41, 5.74) is 7.67. The molecular weight excluding hydrogens is 407 g/mol. The standard InChI is InChI=1S/C18H28N4O2S.2ClH/c1-13(2)17(19)18(24)20-11-16(23)21-15-6-4-3-5-14(15)12-22-7-9-25-10-8-22;;/h3-6,13,17H,7-12,19H2,1-2H3,(H,20,24)(H,21,23);2*1H/t17-;;/m0../s1. The number of carbonyl (C=O) groups excluding carboxylic acids is 2. The topological polar surface area (TPSA) is 87.5 Å². The van der Waals surface area contributed by atoms with Crippen LogP contribution in [0.3, 0.4) is 0 Å². The molecule has 0 bridgehead atoms. The van der Waals surface area contributed by atoms with E-state index in [0.717, 1.165) is 42.4 Å². The number of carbonyl (C=O) groups is 2. The van der Waals surface area contributed by atoms with Crippen LogP contribution < -0.4 is 16.4 Å². The number of para-hydroxylation sites is 1. The molecule has 1 aliphatic rings. The number of hydrogen-bond donors (Lipinski definition) is 3. The largest absolute Gasteiger partial charge is 0.346 e. The van der Waals surface area contributed by atoms with Crippen LogP contribution in [-0.2, 0) is 16.1 Å². The minimum atomic E-state index is -0.600. The molecule has 9 heteroatoms. The van der Waals surface area contributed by atoms with Crippen molar-refractivity contribution >= 4 is 54.1 Å². The average molecular weight is 437 g/mol. The molecule has 0 unspecified atom stereocenters. The van der Waals surface area contributed by atoms with Gasteiger partial charge in [-0.15, -0.1) is 24.8 Å². The molecule has 1 aromatic rings. The first kappa shape index (κ1) is 26.0. The van der Waals surface area contributed by atoms with E-state index in [1.165, 1.54) is 0 Å². The number of benzene rings is 1. The number of nitrogens with two attached hydrogens (primary N) is 1. The number of nitrogens with one attached hydrogen (secondary N) is 2. The van der Waals surface area contributed by atoms with Gasteiger partial charge in [0, 0.05) is 36.8 Å². The number of hydrogen-bond acceptors (Lipinski definition) is 5. The van der Waals surface area contributed by atoms with Gasteiger partial charge in [-0.3, -0.25) is 14.5 Å². The van der Waals surface area contributed by atoms with Crippen molar-refractivity contribution in [3.63, 3.8) is 0 Å². The van der Waals surface area contributed by atoms with Crippen LogP contribution >= 0.6 is 36.6 Å². The first-order chi connectivity index (χ1) is 12.0. The molecule has 1 aromatic carbocycles. The lowest BCUT2D eigenvalue weighted by Crippen LogP contribution is -2.46. The molecule has 2 rings (SSSR count). The second kappa shape index (κ2) is 13.2. The summed E-state index contributed by atoms with van der Waals surface area (Å²) in [5, 5.41) is 5.49. The van der Waals surface area contributed by atoms with E-state index in [2.05, 4.69) is 15.5 Å². The number of nitrogens with zero attached hydrogens (tertiary/aromatic N) is 1. The van der Waals surface area contributed by atoms with Crippen molar-refractivity contribution in [2.75, 3.05) is 36.5 Å². The summed E-state index contributed by atoms with van der Waals surface area (Å²) in [7, 11) is 0. The van der Waals surface area contributed by atoms with Gasteiger partial charge in [0.1, 0.15) is 0 Å². The minimum Gasteiger partial charge on any atom is -0.346 e. The zero-order chi connectivity index (χ0) is 18.2. The Bertz CT molecular complexity index is 598. The van der Waals surface area contributed by atoms with Crippen LogP contribution in [0.2, 0.25) is 0 Å². The second-order valence-electron chi connectivity index (χ2n) is 6.58. The Balaban J connectivity index is 0.00000338. The molecule has 1 atom stereocenters. The molecule has 0 radical (unpaired) electrons. The fraction of sp³-hybridized carbons (Fsp3) is 0.556. The van der Waals surface area contributed by atoms with E-state index in [9.17, 15) is 9.59 Å². The number of thioether (sulfide) groups is 1. The third-order valence-corrected chi connectivity index (χ3v) is 5.18. The first-order valence-corrected chi connectivity index (χ1v) is 9.84. The maximum atomic E-state index is 12.2. The van der Waals surface area contributed by atoms with Crippen LogP contribution in [0.5, 0.6) is 0 Å². The third kappa shape index (κ3) is 8.70. The molecule has 4 N–H and O–H groups in total.